The number of piperazine rings is 1. The molecule has 7 heteroatoms. The number of nitrogens with zero attached hydrogens (tertiary/aromatic N) is 3. The fourth-order valence-electron chi connectivity index (χ4n) is 2.76. The molecular weight excluding hydrogens is 356 g/mol. The van der Waals surface area contributed by atoms with Crippen LogP contribution in [0.5, 0.6) is 5.88 Å². The zero-order valence-electron chi connectivity index (χ0n) is 16.4. The normalized spacial score (nSPS) is 14.8. The lowest BCUT2D eigenvalue weighted by Crippen LogP contribution is -2.46. The van der Waals surface area contributed by atoms with Gasteiger partial charge in [-0.2, -0.15) is 5.26 Å². The topological polar surface area (TPSA) is 87.5 Å². The summed E-state index contributed by atoms with van der Waals surface area (Å²) in [5.74, 6) is 0.0462. The number of amides is 1. The SMILES string of the molecule is C=C/C=C\C(=C/C)COc1nc(COC)c(C(=O)N2CCNCC2)cc1C#N. The van der Waals surface area contributed by atoms with E-state index in [1.165, 1.54) is 7.11 Å². The lowest BCUT2D eigenvalue weighted by atomic mass is 10.1. The Morgan fingerprint density at radius 3 is 2.82 bits per heavy atom. The monoisotopic (exact) mass is 382 g/mol. The minimum atomic E-state index is -0.146. The first-order valence-corrected chi connectivity index (χ1v) is 9.14. The molecule has 0 radical (unpaired) electrons. The molecule has 1 fully saturated rings. The van der Waals surface area contributed by atoms with Gasteiger partial charge in [0.05, 0.1) is 17.9 Å². The van der Waals surface area contributed by atoms with E-state index in [4.69, 9.17) is 9.47 Å². The third kappa shape index (κ3) is 5.52. The summed E-state index contributed by atoms with van der Waals surface area (Å²) in [6, 6.07) is 3.63. The molecule has 1 saturated heterocycles. The number of allylic oxidation sites excluding steroid dienone is 3. The zero-order chi connectivity index (χ0) is 20.4. The van der Waals surface area contributed by atoms with Crippen molar-refractivity contribution in [1.29, 1.82) is 5.26 Å². The first-order valence-electron chi connectivity index (χ1n) is 9.14. The number of hydrogen-bond donors (Lipinski definition) is 1. The number of nitrogens with one attached hydrogen (secondary N) is 1. The molecule has 1 N–H and O–H groups in total. The van der Waals surface area contributed by atoms with E-state index in [0.29, 0.717) is 24.3 Å². The molecule has 2 heterocycles. The Morgan fingerprint density at radius 2 is 2.21 bits per heavy atom. The minimum absolute atomic E-state index is 0.146. The number of hydrogen-bond acceptors (Lipinski definition) is 6. The number of nitriles is 1. The molecular formula is C21H26N4O3. The molecule has 7 nitrogen and oxygen atoms in total. The van der Waals surface area contributed by atoms with Gasteiger partial charge in [0.25, 0.3) is 5.91 Å². The minimum Gasteiger partial charge on any atom is -0.472 e. The molecule has 148 valence electrons. The van der Waals surface area contributed by atoms with E-state index in [9.17, 15) is 10.1 Å². The first-order chi connectivity index (χ1) is 13.6. The van der Waals surface area contributed by atoms with Gasteiger partial charge in [-0.1, -0.05) is 30.9 Å². The molecule has 0 saturated carbocycles. The average Bonchev–Trinajstić information content (AvgIpc) is 2.74. The third-order valence-electron chi connectivity index (χ3n) is 4.30. The summed E-state index contributed by atoms with van der Waals surface area (Å²) in [5.41, 5.74) is 1.98. The van der Waals surface area contributed by atoms with Crippen molar-refractivity contribution in [3.05, 3.63) is 59.3 Å². The molecule has 0 bridgehead atoms. The summed E-state index contributed by atoms with van der Waals surface area (Å²) in [6.45, 7) is 8.67. The summed E-state index contributed by atoms with van der Waals surface area (Å²) in [4.78, 5) is 19.1. The predicted octanol–water partition coefficient (Wildman–Crippen LogP) is 2.21. The highest BCUT2D eigenvalue weighted by Gasteiger charge is 2.24. The van der Waals surface area contributed by atoms with Crippen molar-refractivity contribution in [2.75, 3.05) is 39.9 Å². The Kier molecular flexibility index (Phi) is 8.40. The zero-order valence-corrected chi connectivity index (χ0v) is 16.4. The molecule has 2 rings (SSSR count). The van der Waals surface area contributed by atoms with Crippen molar-refractivity contribution in [2.24, 2.45) is 0 Å². The molecule has 1 aromatic heterocycles. The van der Waals surface area contributed by atoms with Crippen molar-refractivity contribution < 1.29 is 14.3 Å². The predicted molar refractivity (Wildman–Crippen MR) is 107 cm³/mol. The van der Waals surface area contributed by atoms with Gasteiger partial charge in [-0.3, -0.25) is 4.79 Å². The quantitative estimate of drug-likeness (QED) is 0.694. The van der Waals surface area contributed by atoms with Crippen LogP contribution >= 0.6 is 0 Å². The molecule has 1 amide bonds. The maximum absolute atomic E-state index is 12.9. The van der Waals surface area contributed by atoms with Gasteiger partial charge < -0.3 is 19.7 Å². The number of carbonyl (C=O) groups excluding carboxylic acids is 1. The molecule has 0 aliphatic carbocycles. The van der Waals surface area contributed by atoms with Crippen LogP contribution in [-0.4, -0.2) is 55.7 Å². The van der Waals surface area contributed by atoms with Crippen molar-refractivity contribution in [2.45, 2.75) is 13.5 Å². The Bertz CT molecular complexity index is 803. The first kappa shape index (κ1) is 21.4. The molecule has 1 aliphatic rings. The van der Waals surface area contributed by atoms with Crippen LogP contribution < -0.4 is 10.1 Å². The van der Waals surface area contributed by atoms with Crippen LogP contribution in [0.1, 0.15) is 28.5 Å². The number of rotatable bonds is 8. The van der Waals surface area contributed by atoms with Gasteiger partial charge in [-0.05, 0) is 18.6 Å². The van der Waals surface area contributed by atoms with Crippen molar-refractivity contribution in [3.63, 3.8) is 0 Å². The van der Waals surface area contributed by atoms with Gasteiger partial charge in [0, 0.05) is 33.3 Å². The van der Waals surface area contributed by atoms with Crippen LogP contribution in [0.15, 0.2) is 42.5 Å². The second-order valence-corrected chi connectivity index (χ2v) is 6.17. The van der Waals surface area contributed by atoms with Gasteiger partial charge in [0.2, 0.25) is 5.88 Å². The molecule has 0 atom stereocenters. The molecule has 1 aromatic rings. The smallest absolute Gasteiger partial charge is 0.255 e. The standard InChI is InChI=1S/C21H26N4O3/c1-4-6-7-16(5-2)14-28-20-17(13-22)12-18(19(24-20)15-27-3)21(26)25-10-8-23-9-11-25/h4-7,12,23H,1,8-11,14-15H2,2-3H3/b7-6-,16-5+. The van der Waals surface area contributed by atoms with Crippen molar-refractivity contribution >= 4 is 5.91 Å². The highest BCUT2D eigenvalue weighted by Crippen LogP contribution is 2.22. The fourth-order valence-corrected chi connectivity index (χ4v) is 2.76. The number of methoxy groups -OCH3 is 1. The van der Waals surface area contributed by atoms with Gasteiger partial charge in [0.15, 0.2) is 0 Å². The maximum Gasteiger partial charge on any atom is 0.255 e. The Morgan fingerprint density at radius 1 is 1.46 bits per heavy atom. The fraction of sp³-hybridized carbons (Fsp3) is 0.381. The van der Waals surface area contributed by atoms with Crippen LogP contribution in [0, 0.1) is 11.3 Å². The second-order valence-electron chi connectivity index (χ2n) is 6.17. The summed E-state index contributed by atoms with van der Waals surface area (Å²) >= 11 is 0. The lowest BCUT2D eigenvalue weighted by Gasteiger charge is -2.28. The highest BCUT2D eigenvalue weighted by atomic mass is 16.5. The van der Waals surface area contributed by atoms with Gasteiger partial charge in [-0.25, -0.2) is 4.98 Å². The van der Waals surface area contributed by atoms with Crippen LogP contribution in [0.25, 0.3) is 0 Å². The molecule has 28 heavy (non-hydrogen) atoms. The molecule has 0 aromatic carbocycles. The number of pyridine rings is 1. The number of carbonyl (C=O) groups is 1. The third-order valence-corrected chi connectivity index (χ3v) is 4.30. The van der Waals surface area contributed by atoms with E-state index in [-0.39, 0.29) is 30.6 Å². The van der Waals surface area contributed by atoms with Crippen LogP contribution in [0.2, 0.25) is 0 Å². The molecule has 0 unspecified atom stereocenters. The second kappa shape index (κ2) is 11.0. The summed E-state index contributed by atoms with van der Waals surface area (Å²) in [6.07, 6.45) is 7.26. The average molecular weight is 382 g/mol. The molecule has 1 aliphatic heterocycles. The van der Waals surface area contributed by atoms with Gasteiger partial charge in [-0.15, -0.1) is 0 Å². The molecule has 0 spiro atoms. The Balaban J connectivity index is 2.31. The summed E-state index contributed by atoms with van der Waals surface area (Å²) < 4.78 is 11.0. The maximum atomic E-state index is 12.9. The summed E-state index contributed by atoms with van der Waals surface area (Å²) in [7, 11) is 1.54. The largest absolute Gasteiger partial charge is 0.472 e. The van der Waals surface area contributed by atoms with E-state index in [1.54, 1.807) is 17.0 Å². The van der Waals surface area contributed by atoms with Gasteiger partial charge >= 0.3 is 0 Å². The van der Waals surface area contributed by atoms with E-state index in [1.807, 2.05) is 25.2 Å². The van der Waals surface area contributed by atoms with E-state index < -0.39 is 0 Å². The highest BCUT2D eigenvalue weighted by molar-refractivity contribution is 5.96. The Hall–Kier alpha value is -2.95. The lowest BCUT2D eigenvalue weighted by molar-refractivity contribution is 0.0729. The van der Waals surface area contributed by atoms with E-state index >= 15 is 0 Å². The van der Waals surface area contributed by atoms with Crippen molar-refractivity contribution in [3.8, 4) is 11.9 Å². The van der Waals surface area contributed by atoms with Crippen LogP contribution in [-0.2, 0) is 11.3 Å². The van der Waals surface area contributed by atoms with Crippen LogP contribution in [0.3, 0.4) is 0 Å². The Labute approximate surface area is 166 Å². The van der Waals surface area contributed by atoms with Gasteiger partial charge in [0.1, 0.15) is 18.2 Å². The number of aromatic nitrogens is 1. The van der Waals surface area contributed by atoms with E-state index in [2.05, 4.69) is 22.9 Å². The van der Waals surface area contributed by atoms with E-state index in [0.717, 1.165) is 18.7 Å². The van der Waals surface area contributed by atoms with Crippen LogP contribution in [0.4, 0.5) is 0 Å². The summed E-state index contributed by atoms with van der Waals surface area (Å²) in [5, 5.41) is 12.8. The number of ether oxygens (including phenoxy) is 2. The van der Waals surface area contributed by atoms with Crippen molar-refractivity contribution in [1.82, 2.24) is 15.2 Å².